The Balaban J connectivity index is 1.77. The molecule has 0 heterocycles. The fraction of sp³-hybridized carbons (Fsp3) is 0.321. The van der Waals surface area contributed by atoms with Crippen molar-refractivity contribution in [1.82, 2.24) is 4.90 Å². The van der Waals surface area contributed by atoms with Gasteiger partial charge in [0.15, 0.2) is 0 Å². The van der Waals surface area contributed by atoms with Crippen LogP contribution in [0.1, 0.15) is 55.1 Å². The van der Waals surface area contributed by atoms with Crippen molar-refractivity contribution in [3.05, 3.63) is 95.3 Å². The number of unbranched alkanes of at least 4 members (excludes halogenated alkanes) is 1. The number of hydrogen-bond donors (Lipinski definition) is 0. The third kappa shape index (κ3) is 7.65. The van der Waals surface area contributed by atoms with Crippen molar-refractivity contribution in [2.45, 2.75) is 51.5 Å². The summed E-state index contributed by atoms with van der Waals surface area (Å²) in [6.07, 6.45) is 3.23. The van der Waals surface area contributed by atoms with Gasteiger partial charge in [-0.05, 0) is 78.4 Å². The van der Waals surface area contributed by atoms with Crippen LogP contribution in [0.15, 0.2) is 77.7 Å². The average Bonchev–Trinajstić information content (AvgIpc) is 2.82. The maximum atomic E-state index is 13.3. The molecule has 1 amide bonds. The van der Waals surface area contributed by atoms with Gasteiger partial charge in [0.2, 0.25) is 0 Å². The molecule has 0 saturated heterocycles. The highest BCUT2D eigenvalue weighted by Gasteiger charge is 2.20. The van der Waals surface area contributed by atoms with Crippen molar-refractivity contribution in [1.29, 1.82) is 0 Å². The van der Waals surface area contributed by atoms with E-state index in [1.165, 1.54) is 11.6 Å². The second-order valence-electron chi connectivity index (χ2n) is 9.02. The summed E-state index contributed by atoms with van der Waals surface area (Å²) in [7, 11) is -4.11. The molecule has 0 aromatic heterocycles. The van der Waals surface area contributed by atoms with Crippen molar-refractivity contribution < 1.29 is 21.8 Å². The molecule has 0 unspecified atom stereocenters. The number of carbonyl (C=O) groups excluding carboxylic acids is 1. The number of hydrogen-bond acceptors (Lipinski definition) is 4. The Labute approximate surface area is 207 Å². The second-order valence-corrected chi connectivity index (χ2v) is 10.6. The van der Waals surface area contributed by atoms with Crippen molar-refractivity contribution >= 4 is 16.0 Å². The van der Waals surface area contributed by atoms with Crippen LogP contribution in [0.25, 0.3) is 0 Å². The fourth-order valence-electron chi connectivity index (χ4n) is 3.73. The average molecular weight is 498 g/mol. The van der Waals surface area contributed by atoms with Gasteiger partial charge in [-0.2, -0.15) is 8.42 Å². The van der Waals surface area contributed by atoms with Gasteiger partial charge in [0.05, 0.1) is 0 Å². The van der Waals surface area contributed by atoms with E-state index in [1.54, 1.807) is 17.0 Å². The van der Waals surface area contributed by atoms with Crippen LogP contribution >= 0.6 is 0 Å². The molecule has 0 bridgehead atoms. The molecule has 0 N–H and O–H groups in total. The normalized spacial score (nSPS) is 11.5. The lowest BCUT2D eigenvalue weighted by molar-refractivity contribution is 0.0722. The van der Waals surface area contributed by atoms with E-state index in [0.29, 0.717) is 18.7 Å². The van der Waals surface area contributed by atoms with Crippen LogP contribution in [0, 0.1) is 11.7 Å². The molecule has 0 aliphatic rings. The first-order valence-corrected chi connectivity index (χ1v) is 13.3. The molecular formula is C28H32FNO4S. The van der Waals surface area contributed by atoms with Crippen LogP contribution in [0.4, 0.5) is 4.39 Å². The number of nitrogens with zero attached hydrogens (tertiary/aromatic N) is 1. The van der Waals surface area contributed by atoms with Gasteiger partial charge < -0.3 is 9.08 Å². The molecule has 7 heteroatoms. The molecule has 5 nitrogen and oxygen atoms in total. The van der Waals surface area contributed by atoms with E-state index in [2.05, 4.69) is 6.92 Å². The van der Waals surface area contributed by atoms with Crippen LogP contribution < -0.4 is 4.18 Å². The molecule has 0 radical (unpaired) electrons. The van der Waals surface area contributed by atoms with Crippen LogP contribution in [0.2, 0.25) is 0 Å². The largest absolute Gasteiger partial charge is 0.379 e. The van der Waals surface area contributed by atoms with E-state index in [-0.39, 0.29) is 22.5 Å². The fourth-order valence-corrected chi connectivity index (χ4v) is 4.65. The first kappa shape index (κ1) is 26.4. The summed E-state index contributed by atoms with van der Waals surface area (Å²) in [5.41, 5.74) is 2.58. The van der Waals surface area contributed by atoms with Crippen LogP contribution in [-0.4, -0.2) is 25.8 Å². The molecule has 0 atom stereocenters. The first-order valence-electron chi connectivity index (χ1n) is 11.8. The zero-order valence-corrected chi connectivity index (χ0v) is 21.2. The van der Waals surface area contributed by atoms with E-state index in [4.69, 9.17) is 4.18 Å². The molecule has 0 aliphatic carbocycles. The Hall–Kier alpha value is -3.19. The number of benzene rings is 3. The third-order valence-corrected chi connectivity index (χ3v) is 6.73. The minimum Gasteiger partial charge on any atom is -0.379 e. The highest BCUT2D eigenvalue weighted by molar-refractivity contribution is 7.87. The number of halogens is 1. The maximum absolute atomic E-state index is 13.3. The Kier molecular flexibility index (Phi) is 9.04. The Morgan fingerprint density at radius 1 is 0.971 bits per heavy atom. The van der Waals surface area contributed by atoms with Crippen molar-refractivity contribution in [2.24, 2.45) is 5.92 Å². The van der Waals surface area contributed by atoms with Gasteiger partial charge in [0.25, 0.3) is 5.91 Å². The number of aryl methyl sites for hydroxylation is 1. The summed E-state index contributed by atoms with van der Waals surface area (Å²) < 4.78 is 43.6. The maximum Gasteiger partial charge on any atom is 0.339 e. The molecule has 3 aromatic carbocycles. The van der Waals surface area contributed by atoms with Crippen LogP contribution in [0.5, 0.6) is 5.75 Å². The predicted molar refractivity (Wildman–Crippen MR) is 135 cm³/mol. The summed E-state index contributed by atoms with van der Waals surface area (Å²) in [4.78, 5) is 14.9. The van der Waals surface area contributed by atoms with Gasteiger partial charge in [-0.15, -0.1) is 0 Å². The molecule has 0 saturated carbocycles. The van der Waals surface area contributed by atoms with E-state index < -0.39 is 15.9 Å². The van der Waals surface area contributed by atoms with Gasteiger partial charge in [-0.3, -0.25) is 4.79 Å². The standard InChI is InChI=1S/C28H32FNO4S/c1-4-5-7-22-10-12-24(13-11-22)28(31)30(19-21(2)3)20-23-8-6-9-26(18-23)34-35(32,33)27-16-14-25(29)15-17-27/h6,8-18,21H,4-5,7,19-20H2,1-3H3. The predicted octanol–water partition coefficient (Wildman–Crippen LogP) is 6.23. The number of rotatable bonds is 11. The quantitative estimate of drug-likeness (QED) is 0.295. The number of carbonyl (C=O) groups is 1. The first-order chi connectivity index (χ1) is 16.7. The van der Waals surface area contributed by atoms with Crippen LogP contribution in [-0.2, 0) is 23.1 Å². The summed E-state index contributed by atoms with van der Waals surface area (Å²) in [6.45, 7) is 7.10. The summed E-state index contributed by atoms with van der Waals surface area (Å²) in [5, 5.41) is 0. The SMILES string of the molecule is CCCCc1ccc(C(=O)N(Cc2cccc(OS(=O)(=O)c3ccc(F)cc3)c2)CC(C)C)cc1. The van der Waals surface area contributed by atoms with E-state index in [9.17, 15) is 17.6 Å². The van der Waals surface area contributed by atoms with E-state index in [0.717, 1.165) is 49.1 Å². The minimum absolute atomic E-state index is 0.0778. The lowest BCUT2D eigenvalue weighted by Crippen LogP contribution is -2.33. The van der Waals surface area contributed by atoms with Gasteiger partial charge in [0.1, 0.15) is 16.5 Å². The Morgan fingerprint density at radius 2 is 1.66 bits per heavy atom. The highest BCUT2D eigenvalue weighted by atomic mass is 32.2. The summed E-state index contributed by atoms with van der Waals surface area (Å²) in [6, 6.07) is 18.9. The van der Waals surface area contributed by atoms with E-state index in [1.807, 2.05) is 44.2 Å². The molecule has 0 spiro atoms. The van der Waals surface area contributed by atoms with Gasteiger partial charge >= 0.3 is 10.1 Å². The lowest BCUT2D eigenvalue weighted by Gasteiger charge is -2.25. The minimum atomic E-state index is -4.11. The molecule has 186 valence electrons. The summed E-state index contributed by atoms with van der Waals surface area (Å²) >= 11 is 0. The zero-order valence-electron chi connectivity index (χ0n) is 20.4. The van der Waals surface area contributed by atoms with Crippen molar-refractivity contribution in [2.75, 3.05) is 6.54 Å². The molecule has 3 rings (SSSR count). The number of amides is 1. The zero-order chi connectivity index (χ0) is 25.4. The second kappa shape index (κ2) is 12.0. The van der Waals surface area contributed by atoms with Crippen molar-refractivity contribution in [3.63, 3.8) is 0 Å². The van der Waals surface area contributed by atoms with Gasteiger partial charge in [-0.25, -0.2) is 4.39 Å². The molecule has 35 heavy (non-hydrogen) atoms. The van der Waals surface area contributed by atoms with E-state index >= 15 is 0 Å². The lowest BCUT2D eigenvalue weighted by atomic mass is 10.0. The smallest absolute Gasteiger partial charge is 0.339 e. The topological polar surface area (TPSA) is 63.7 Å². The Morgan fingerprint density at radius 3 is 2.29 bits per heavy atom. The third-order valence-electron chi connectivity index (χ3n) is 5.47. The monoisotopic (exact) mass is 497 g/mol. The molecule has 0 fully saturated rings. The van der Waals surface area contributed by atoms with Crippen molar-refractivity contribution in [3.8, 4) is 5.75 Å². The van der Waals surface area contributed by atoms with Crippen LogP contribution in [0.3, 0.4) is 0 Å². The van der Waals surface area contributed by atoms with Gasteiger partial charge in [0, 0.05) is 18.7 Å². The molecular weight excluding hydrogens is 465 g/mol. The summed E-state index contributed by atoms with van der Waals surface area (Å²) in [5.74, 6) is -0.229. The Bertz CT molecular complexity index is 1220. The molecule has 0 aliphatic heterocycles. The van der Waals surface area contributed by atoms with Gasteiger partial charge in [-0.1, -0.05) is 51.5 Å². The molecule has 3 aromatic rings. The highest BCUT2D eigenvalue weighted by Crippen LogP contribution is 2.22.